The lowest BCUT2D eigenvalue weighted by Crippen LogP contribution is -2.50. The lowest BCUT2D eigenvalue weighted by Gasteiger charge is -2.33. The van der Waals surface area contributed by atoms with E-state index in [-0.39, 0.29) is 18.9 Å². The first-order chi connectivity index (χ1) is 20.7. The number of hydrogen-bond donors (Lipinski definition) is 2. The normalized spacial score (nSPS) is 19.0. The molecule has 2 aliphatic rings. The van der Waals surface area contributed by atoms with Gasteiger partial charge in [0.2, 0.25) is 0 Å². The Kier molecular flexibility index (Phi) is 6.57. The molecule has 5 aromatic rings. The van der Waals surface area contributed by atoms with Crippen LogP contribution in [-0.2, 0) is 13.6 Å². The number of imidazole rings is 1. The van der Waals surface area contributed by atoms with Gasteiger partial charge >= 0.3 is 0 Å². The van der Waals surface area contributed by atoms with Gasteiger partial charge in [-0.15, -0.1) is 0 Å². The number of phenols is 1. The second-order valence-corrected chi connectivity index (χ2v) is 11.7. The first-order valence-corrected chi connectivity index (χ1v) is 14.4. The van der Waals surface area contributed by atoms with Gasteiger partial charge in [0.05, 0.1) is 30.6 Å². The van der Waals surface area contributed by atoms with Crippen LogP contribution in [0.4, 0.5) is 8.78 Å². The highest BCUT2D eigenvalue weighted by molar-refractivity contribution is 6.00. The number of aromatic nitrogens is 4. The zero-order valence-corrected chi connectivity index (χ0v) is 23.9. The van der Waals surface area contributed by atoms with E-state index in [1.54, 1.807) is 25.3 Å². The van der Waals surface area contributed by atoms with E-state index in [4.69, 9.17) is 20.4 Å². The van der Waals surface area contributed by atoms with Gasteiger partial charge < -0.3 is 29.6 Å². The van der Waals surface area contributed by atoms with Gasteiger partial charge in [0.1, 0.15) is 23.1 Å². The summed E-state index contributed by atoms with van der Waals surface area (Å²) in [5.41, 5.74) is 10.4. The number of nitrogens with two attached hydrogens (primary N) is 1. The van der Waals surface area contributed by atoms with Crippen LogP contribution in [0.5, 0.6) is 11.5 Å². The standard InChI is InChI=1S/C32H32F2N6O3/c1-38-29-25(10-20(12-28(29)43-2)32(42)39-15-21(33)13-22(35)16-39)37-31(38)26-11-19-5-7-24(18-6-8-27(41)23(34)9-18)36-30(19)40(26)14-17-3-4-17/h5-12,17,21-22,41H,3-4,13-16,35H2,1-2H3/t21-,22-/m1/s1. The number of benzene rings is 2. The molecule has 0 unspecified atom stereocenters. The van der Waals surface area contributed by atoms with Gasteiger partial charge in [-0.3, -0.25) is 4.79 Å². The van der Waals surface area contributed by atoms with E-state index >= 15 is 0 Å². The van der Waals surface area contributed by atoms with E-state index in [0.29, 0.717) is 46.4 Å². The predicted molar refractivity (Wildman–Crippen MR) is 159 cm³/mol. The van der Waals surface area contributed by atoms with E-state index in [9.17, 15) is 18.7 Å². The van der Waals surface area contributed by atoms with Crippen LogP contribution < -0.4 is 10.5 Å². The SMILES string of the molecule is COc1cc(C(=O)N2C[C@H](N)C[C@@H](F)C2)cc2nc(-c3cc4ccc(-c5ccc(O)c(F)c5)nc4n3CC3CC3)n(C)c12. The van der Waals surface area contributed by atoms with Crippen molar-refractivity contribution in [3.05, 3.63) is 59.9 Å². The summed E-state index contributed by atoms with van der Waals surface area (Å²) in [6, 6.07) is 13.1. The van der Waals surface area contributed by atoms with Crippen LogP contribution in [0.3, 0.4) is 0 Å². The molecule has 0 spiro atoms. The Hall–Kier alpha value is -4.51. The Morgan fingerprint density at radius 3 is 2.65 bits per heavy atom. The third-order valence-corrected chi connectivity index (χ3v) is 8.47. The number of methoxy groups -OCH3 is 1. The number of aryl methyl sites for hydroxylation is 1. The highest BCUT2D eigenvalue weighted by Gasteiger charge is 2.30. The number of carbonyl (C=O) groups excluding carboxylic acids is 1. The molecule has 0 radical (unpaired) electrons. The number of alkyl halides is 1. The number of likely N-dealkylation sites (tertiary alicyclic amines) is 1. The van der Waals surface area contributed by atoms with Crippen LogP contribution in [0.15, 0.2) is 48.5 Å². The number of ether oxygens (including phenoxy) is 1. The average Bonchev–Trinajstić information content (AvgIpc) is 3.66. The van der Waals surface area contributed by atoms with Crippen LogP contribution in [0.1, 0.15) is 29.6 Å². The Bertz CT molecular complexity index is 1890. The van der Waals surface area contributed by atoms with Crippen LogP contribution in [0.2, 0.25) is 0 Å². The van der Waals surface area contributed by atoms with Gasteiger partial charge in [-0.05, 0) is 73.7 Å². The van der Waals surface area contributed by atoms with Crippen molar-refractivity contribution >= 4 is 28.0 Å². The molecule has 222 valence electrons. The molecule has 1 amide bonds. The van der Waals surface area contributed by atoms with E-state index in [1.807, 2.05) is 29.8 Å². The highest BCUT2D eigenvalue weighted by atomic mass is 19.1. The number of aromatic hydroxyl groups is 1. The molecule has 3 aromatic heterocycles. The third-order valence-electron chi connectivity index (χ3n) is 8.47. The monoisotopic (exact) mass is 586 g/mol. The fourth-order valence-electron chi connectivity index (χ4n) is 6.12. The van der Waals surface area contributed by atoms with Crippen molar-refractivity contribution in [1.29, 1.82) is 0 Å². The van der Waals surface area contributed by atoms with Crippen molar-refractivity contribution in [3.8, 4) is 34.3 Å². The van der Waals surface area contributed by atoms with Crippen molar-refractivity contribution in [2.24, 2.45) is 18.7 Å². The molecule has 9 nitrogen and oxygen atoms in total. The summed E-state index contributed by atoms with van der Waals surface area (Å²) in [4.78, 5) is 24.8. The molecule has 7 rings (SSSR count). The largest absolute Gasteiger partial charge is 0.505 e. The topological polar surface area (TPSA) is 111 Å². The maximum absolute atomic E-state index is 14.2. The summed E-state index contributed by atoms with van der Waals surface area (Å²) in [5, 5.41) is 10.6. The number of halogens is 2. The van der Waals surface area contributed by atoms with Gasteiger partial charge in [0, 0.05) is 42.7 Å². The minimum Gasteiger partial charge on any atom is -0.505 e. The summed E-state index contributed by atoms with van der Waals surface area (Å²) >= 11 is 0. The molecule has 2 aromatic carbocycles. The number of phenolic OH excluding ortho intramolecular Hbond substituents is 1. The molecule has 4 heterocycles. The summed E-state index contributed by atoms with van der Waals surface area (Å²) in [6.45, 7) is 1.05. The van der Waals surface area contributed by atoms with Crippen molar-refractivity contribution in [2.45, 2.75) is 38.0 Å². The van der Waals surface area contributed by atoms with Crippen LogP contribution in [0, 0.1) is 11.7 Å². The smallest absolute Gasteiger partial charge is 0.254 e. The highest BCUT2D eigenvalue weighted by Crippen LogP contribution is 2.38. The molecule has 0 bridgehead atoms. The van der Waals surface area contributed by atoms with E-state index in [1.165, 1.54) is 17.0 Å². The zero-order chi connectivity index (χ0) is 30.0. The summed E-state index contributed by atoms with van der Waals surface area (Å²) in [7, 11) is 3.45. The van der Waals surface area contributed by atoms with Crippen molar-refractivity contribution in [2.75, 3.05) is 20.2 Å². The quantitative estimate of drug-likeness (QED) is 0.289. The van der Waals surface area contributed by atoms with Crippen LogP contribution >= 0.6 is 0 Å². The molecule has 43 heavy (non-hydrogen) atoms. The Balaban J connectivity index is 1.34. The second kappa shape index (κ2) is 10.3. The molecule has 11 heteroatoms. The van der Waals surface area contributed by atoms with Crippen molar-refractivity contribution in [3.63, 3.8) is 0 Å². The van der Waals surface area contributed by atoms with E-state index < -0.39 is 23.8 Å². The number of rotatable bonds is 6. The number of nitrogens with zero attached hydrogens (tertiary/aromatic N) is 5. The van der Waals surface area contributed by atoms with Crippen molar-refractivity contribution in [1.82, 2.24) is 24.0 Å². The average molecular weight is 587 g/mol. The lowest BCUT2D eigenvalue weighted by atomic mass is 10.0. The fraction of sp³-hybridized carbons (Fsp3) is 0.344. The number of fused-ring (bicyclic) bond motifs is 2. The maximum atomic E-state index is 14.2. The minimum atomic E-state index is -1.16. The zero-order valence-electron chi connectivity index (χ0n) is 23.9. The Morgan fingerprint density at radius 1 is 1.12 bits per heavy atom. The number of piperidine rings is 1. The maximum Gasteiger partial charge on any atom is 0.254 e. The van der Waals surface area contributed by atoms with E-state index in [2.05, 4.69) is 4.57 Å². The van der Waals surface area contributed by atoms with Gasteiger partial charge in [0.25, 0.3) is 5.91 Å². The molecule has 1 aliphatic heterocycles. The van der Waals surface area contributed by atoms with Gasteiger partial charge in [0.15, 0.2) is 17.4 Å². The molecule has 1 saturated carbocycles. The van der Waals surface area contributed by atoms with Gasteiger partial charge in [-0.25, -0.2) is 18.7 Å². The molecule has 2 atom stereocenters. The Morgan fingerprint density at radius 2 is 1.93 bits per heavy atom. The van der Waals surface area contributed by atoms with Gasteiger partial charge in [-0.2, -0.15) is 0 Å². The number of carbonyl (C=O) groups is 1. The number of amides is 1. The molecule has 1 aliphatic carbocycles. The second-order valence-electron chi connectivity index (χ2n) is 11.7. The van der Waals surface area contributed by atoms with Crippen LogP contribution in [-0.4, -0.2) is 67.4 Å². The Labute approximate surface area is 246 Å². The summed E-state index contributed by atoms with van der Waals surface area (Å²) in [5.74, 6) is 0.271. The predicted octanol–water partition coefficient (Wildman–Crippen LogP) is 5.03. The summed E-state index contributed by atoms with van der Waals surface area (Å²) < 4.78 is 38.2. The van der Waals surface area contributed by atoms with Gasteiger partial charge in [-0.1, -0.05) is 0 Å². The van der Waals surface area contributed by atoms with Crippen molar-refractivity contribution < 1.29 is 23.4 Å². The third kappa shape index (κ3) is 4.87. The molecular formula is C32H32F2N6O3. The summed E-state index contributed by atoms with van der Waals surface area (Å²) in [6.07, 6.45) is 1.34. The fourth-order valence-corrected chi connectivity index (χ4v) is 6.12. The first-order valence-electron chi connectivity index (χ1n) is 14.4. The molecule has 1 saturated heterocycles. The lowest BCUT2D eigenvalue weighted by molar-refractivity contribution is 0.0606. The molecule has 2 fully saturated rings. The number of hydrogen-bond acceptors (Lipinski definition) is 6. The number of pyridine rings is 1. The van der Waals surface area contributed by atoms with Crippen LogP contribution in [0.25, 0.3) is 44.8 Å². The minimum absolute atomic E-state index is 0.00734. The van der Waals surface area contributed by atoms with E-state index in [0.717, 1.165) is 41.6 Å². The molecule has 3 N–H and O–H groups in total. The first kappa shape index (κ1) is 27.3. The molecular weight excluding hydrogens is 554 g/mol.